The zero-order chi connectivity index (χ0) is 25.9. The molecule has 0 radical (unpaired) electrons. The lowest BCUT2D eigenvalue weighted by molar-refractivity contribution is -0.128. The number of para-hydroxylation sites is 1. The van der Waals surface area contributed by atoms with Crippen LogP contribution >= 0.6 is 11.8 Å². The SMILES string of the molecule is COc1ccc(CNC(=O)C[C@@H]2N=C3c4ccccc4N=C(SCc4ccc(C)cc4C)N3C2=O)cc1. The summed E-state index contributed by atoms with van der Waals surface area (Å²) in [4.78, 5) is 37.3. The van der Waals surface area contributed by atoms with Crippen molar-refractivity contribution >= 4 is 40.3 Å². The van der Waals surface area contributed by atoms with Gasteiger partial charge in [-0.2, -0.15) is 0 Å². The zero-order valence-corrected chi connectivity index (χ0v) is 21.8. The number of rotatable bonds is 7. The second-order valence-electron chi connectivity index (χ2n) is 9.10. The average Bonchev–Trinajstić information content (AvgIpc) is 3.23. The molecule has 2 aliphatic rings. The van der Waals surface area contributed by atoms with Gasteiger partial charge in [0.25, 0.3) is 5.91 Å². The first kappa shape index (κ1) is 24.8. The number of nitrogens with one attached hydrogen (secondary N) is 1. The minimum Gasteiger partial charge on any atom is -0.497 e. The number of ether oxygens (including phenoxy) is 1. The second-order valence-corrected chi connectivity index (χ2v) is 10.0. The van der Waals surface area contributed by atoms with Crippen molar-refractivity contribution in [3.63, 3.8) is 0 Å². The van der Waals surface area contributed by atoms with Crippen LogP contribution in [0.2, 0.25) is 0 Å². The number of amides is 2. The lowest BCUT2D eigenvalue weighted by Gasteiger charge is -2.25. The first-order valence-corrected chi connectivity index (χ1v) is 13.1. The molecule has 0 unspecified atom stereocenters. The van der Waals surface area contributed by atoms with Crippen LogP contribution in [-0.2, 0) is 21.9 Å². The number of nitrogens with zero attached hydrogens (tertiary/aromatic N) is 3. The van der Waals surface area contributed by atoms with E-state index in [1.165, 1.54) is 28.5 Å². The fraction of sp³-hybridized carbons (Fsp3) is 0.241. The molecule has 8 heteroatoms. The molecule has 0 bridgehead atoms. The third-order valence-corrected chi connectivity index (χ3v) is 7.42. The molecule has 0 fully saturated rings. The van der Waals surface area contributed by atoms with Gasteiger partial charge in [0.15, 0.2) is 5.17 Å². The Morgan fingerprint density at radius 1 is 1.08 bits per heavy atom. The number of fused-ring (bicyclic) bond motifs is 3. The summed E-state index contributed by atoms with van der Waals surface area (Å²) in [5, 5.41) is 3.48. The van der Waals surface area contributed by atoms with Crippen molar-refractivity contribution in [3.8, 4) is 5.75 Å². The molecule has 188 valence electrons. The van der Waals surface area contributed by atoms with Gasteiger partial charge in [0.1, 0.15) is 17.6 Å². The van der Waals surface area contributed by atoms with Gasteiger partial charge in [-0.25, -0.2) is 9.89 Å². The highest BCUT2D eigenvalue weighted by Crippen LogP contribution is 2.35. The molecule has 3 aromatic carbocycles. The minimum absolute atomic E-state index is 0.0217. The largest absolute Gasteiger partial charge is 0.497 e. The Bertz CT molecular complexity index is 1410. The fourth-order valence-electron chi connectivity index (χ4n) is 4.37. The van der Waals surface area contributed by atoms with Gasteiger partial charge in [-0.15, -0.1) is 0 Å². The summed E-state index contributed by atoms with van der Waals surface area (Å²) in [7, 11) is 1.61. The van der Waals surface area contributed by atoms with Crippen molar-refractivity contribution in [2.24, 2.45) is 9.98 Å². The normalized spacial score (nSPS) is 16.0. The summed E-state index contributed by atoms with van der Waals surface area (Å²) in [6.45, 7) is 4.53. The molecule has 1 N–H and O–H groups in total. The number of methoxy groups -OCH3 is 1. The Labute approximate surface area is 220 Å². The van der Waals surface area contributed by atoms with E-state index in [0.717, 1.165) is 22.6 Å². The third kappa shape index (κ3) is 5.29. The number of aliphatic imine (C=N–C) groups is 2. The Morgan fingerprint density at radius 2 is 1.86 bits per heavy atom. The number of thioether (sulfide) groups is 1. The smallest absolute Gasteiger partial charge is 0.259 e. The van der Waals surface area contributed by atoms with Gasteiger partial charge >= 0.3 is 0 Å². The standard InChI is InChI=1S/C29H28N4O3S/c1-18-8-11-21(19(2)14-18)17-37-29-32-24-7-5-4-6-23(24)27-31-25(28(35)33(27)29)15-26(34)30-16-20-9-12-22(36-3)13-10-20/h4-14,25H,15-17H2,1-3H3,(H,30,34)/t25-/m0/s1. The van der Waals surface area contributed by atoms with Crippen LogP contribution in [0.1, 0.15) is 34.2 Å². The molecule has 0 saturated heterocycles. The predicted molar refractivity (Wildman–Crippen MR) is 147 cm³/mol. The van der Waals surface area contributed by atoms with Crippen LogP contribution in [0.25, 0.3) is 0 Å². The van der Waals surface area contributed by atoms with Gasteiger partial charge in [0.2, 0.25) is 5.91 Å². The van der Waals surface area contributed by atoms with E-state index < -0.39 is 6.04 Å². The first-order chi connectivity index (χ1) is 17.9. The van der Waals surface area contributed by atoms with Gasteiger partial charge in [-0.1, -0.05) is 59.8 Å². The van der Waals surface area contributed by atoms with Crippen LogP contribution < -0.4 is 10.1 Å². The average molecular weight is 513 g/mol. The van der Waals surface area contributed by atoms with Crippen molar-refractivity contribution in [1.82, 2.24) is 10.2 Å². The molecule has 5 rings (SSSR count). The molecule has 2 heterocycles. The minimum atomic E-state index is -0.788. The van der Waals surface area contributed by atoms with Crippen LogP contribution in [0, 0.1) is 13.8 Å². The zero-order valence-electron chi connectivity index (χ0n) is 21.0. The highest BCUT2D eigenvalue weighted by molar-refractivity contribution is 8.13. The maximum Gasteiger partial charge on any atom is 0.259 e. The predicted octanol–water partition coefficient (Wildman–Crippen LogP) is 4.91. The lowest BCUT2D eigenvalue weighted by atomic mass is 10.1. The van der Waals surface area contributed by atoms with Crippen molar-refractivity contribution < 1.29 is 14.3 Å². The molecule has 0 aromatic heterocycles. The van der Waals surface area contributed by atoms with E-state index in [2.05, 4.69) is 37.4 Å². The van der Waals surface area contributed by atoms with Crippen molar-refractivity contribution in [2.45, 2.75) is 38.6 Å². The molecule has 37 heavy (non-hydrogen) atoms. The van der Waals surface area contributed by atoms with Gasteiger partial charge in [-0.3, -0.25) is 14.6 Å². The summed E-state index contributed by atoms with van der Waals surface area (Å²) in [5.74, 6) is 1.54. The maximum absolute atomic E-state index is 13.5. The van der Waals surface area contributed by atoms with Gasteiger partial charge < -0.3 is 10.1 Å². The highest BCUT2D eigenvalue weighted by atomic mass is 32.2. The number of hydrogen-bond acceptors (Lipinski definition) is 6. The third-order valence-electron chi connectivity index (χ3n) is 6.43. The summed E-state index contributed by atoms with van der Waals surface area (Å²) in [6, 6.07) is 20.7. The van der Waals surface area contributed by atoms with E-state index in [1.807, 2.05) is 48.5 Å². The van der Waals surface area contributed by atoms with Crippen molar-refractivity contribution in [1.29, 1.82) is 0 Å². The lowest BCUT2D eigenvalue weighted by Crippen LogP contribution is -2.42. The number of hydrogen-bond donors (Lipinski definition) is 1. The van der Waals surface area contributed by atoms with Crippen LogP contribution in [0.5, 0.6) is 5.75 Å². The van der Waals surface area contributed by atoms with E-state index in [-0.39, 0.29) is 18.2 Å². The van der Waals surface area contributed by atoms with Gasteiger partial charge in [0, 0.05) is 17.9 Å². The number of carbonyl (C=O) groups is 2. The van der Waals surface area contributed by atoms with E-state index in [4.69, 9.17) is 14.7 Å². The van der Waals surface area contributed by atoms with Crippen LogP contribution in [-0.4, -0.2) is 40.9 Å². The molecule has 3 aromatic rings. The number of carbonyl (C=O) groups excluding carboxylic acids is 2. The quantitative estimate of drug-likeness (QED) is 0.488. The number of amidine groups is 2. The molecule has 0 aliphatic carbocycles. The van der Waals surface area contributed by atoms with Crippen LogP contribution in [0.4, 0.5) is 5.69 Å². The molecule has 2 amide bonds. The van der Waals surface area contributed by atoms with Crippen molar-refractivity contribution in [3.05, 3.63) is 94.5 Å². The Morgan fingerprint density at radius 3 is 2.62 bits per heavy atom. The number of aryl methyl sites for hydroxylation is 2. The van der Waals surface area contributed by atoms with E-state index in [1.54, 1.807) is 12.0 Å². The monoisotopic (exact) mass is 512 g/mol. The van der Waals surface area contributed by atoms with Gasteiger partial charge in [-0.05, 0) is 54.8 Å². The fourth-order valence-corrected chi connectivity index (χ4v) is 5.45. The van der Waals surface area contributed by atoms with E-state index in [9.17, 15) is 9.59 Å². The Balaban J connectivity index is 1.31. The summed E-state index contributed by atoms with van der Waals surface area (Å²) in [6.07, 6.45) is -0.0217. The van der Waals surface area contributed by atoms with Crippen molar-refractivity contribution in [2.75, 3.05) is 7.11 Å². The topological polar surface area (TPSA) is 83.4 Å². The molecule has 0 saturated carbocycles. The summed E-state index contributed by atoms with van der Waals surface area (Å²) in [5.41, 5.74) is 6.13. The molecular formula is C29H28N4O3S. The maximum atomic E-state index is 13.5. The molecule has 1 atom stereocenters. The highest BCUT2D eigenvalue weighted by Gasteiger charge is 2.42. The second kappa shape index (κ2) is 10.6. The molecule has 0 spiro atoms. The van der Waals surface area contributed by atoms with E-state index >= 15 is 0 Å². The van der Waals surface area contributed by atoms with E-state index in [0.29, 0.717) is 23.3 Å². The molecule has 7 nitrogen and oxygen atoms in total. The number of benzene rings is 3. The van der Waals surface area contributed by atoms with Gasteiger partial charge in [0.05, 0.1) is 19.2 Å². The Hall–Kier alpha value is -3.91. The molecule has 2 aliphatic heterocycles. The first-order valence-electron chi connectivity index (χ1n) is 12.1. The molecular weight excluding hydrogens is 484 g/mol. The summed E-state index contributed by atoms with van der Waals surface area (Å²) >= 11 is 1.51. The van der Waals surface area contributed by atoms with Crippen LogP contribution in [0.15, 0.2) is 76.7 Å². The summed E-state index contributed by atoms with van der Waals surface area (Å²) < 4.78 is 5.17. The Kier molecular flexibility index (Phi) is 7.10. The van der Waals surface area contributed by atoms with Crippen LogP contribution in [0.3, 0.4) is 0 Å².